The monoisotopic (exact) mass is 580 g/mol. The number of nitrogens with one attached hydrogen (secondary N) is 2. The van der Waals surface area contributed by atoms with Crippen molar-refractivity contribution >= 4 is 35.2 Å². The number of Topliss-reactive ketones (excluding diaryl/α,β-unsaturated/α-hetero) is 1. The third-order valence-corrected chi connectivity index (χ3v) is 7.42. The molecule has 4 rings (SSSR count). The van der Waals surface area contributed by atoms with Crippen LogP contribution in [0.25, 0.3) is 0 Å². The number of aromatic nitrogens is 2. The molecule has 41 heavy (non-hydrogen) atoms. The lowest BCUT2D eigenvalue weighted by atomic mass is 10.1. The maximum absolute atomic E-state index is 13.3. The molecule has 1 aliphatic heterocycles. The van der Waals surface area contributed by atoms with E-state index >= 15 is 0 Å². The zero-order valence-corrected chi connectivity index (χ0v) is 23.3. The summed E-state index contributed by atoms with van der Waals surface area (Å²) in [6.07, 6.45) is 2.08. The molecular weight excluding hydrogens is 548 g/mol. The summed E-state index contributed by atoms with van der Waals surface area (Å²) in [7, 11) is 0. The van der Waals surface area contributed by atoms with Gasteiger partial charge in [0.25, 0.3) is 5.56 Å². The first kappa shape index (κ1) is 29.7. The van der Waals surface area contributed by atoms with Crippen molar-refractivity contribution in [1.29, 1.82) is 0 Å². The summed E-state index contributed by atoms with van der Waals surface area (Å²) in [5.41, 5.74) is 0.496. The highest BCUT2D eigenvalue weighted by Gasteiger charge is 2.28. The summed E-state index contributed by atoms with van der Waals surface area (Å²) >= 11 is 1.34. The van der Waals surface area contributed by atoms with Crippen molar-refractivity contribution in [2.24, 2.45) is 0 Å². The number of benzene rings is 2. The van der Waals surface area contributed by atoms with Gasteiger partial charge in [0.2, 0.25) is 5.91 Å². The predicted molar refractivity (Wildman–Crippen MR) is 154 cm³/mol. The Morgan fingerprint density at radius 3 is 2.59 bits per heavy atom. The van der Waals surface area contributed by atoms with E-state index in [1.807, 2.05) is 48.5 Å². The van der Waals surface area contributed by atoms with Crippen molar-refractivity contribution in [2.75, 3.05) is 24.2 Å². The molecule has 0 fully saturated rings. The molecule has 11 nitrogen and oxygen atoms in total. The van der Waals surface area contributed by atoms with Gasteiger partial charge in [0.15, 0.2) is 23.1 Å². The normalized spacial score (nSPS) is 15.4. The predicted octanol–water partition coefficient (Wildman–Crippen LogP) is 2.91. The molecule has 216 valence electrons. The zero-order valence-electron chi connectivity index (χ0n) is 22.5. The van der Waals surface area contributed by atoms with E-state index in [0.717, 1.165) is 5.56 Å². The lowest BCUT2D eigenvalue weighted by molar-refractivity contribution is -0.140. The number of anilines is 1. The molecule has 0 saturated heterocycles. The molecule has 2 heterocycles. The van der Waals surface area contributed by atoms with Crippen molar-refractivity contribution in [1.82, 2.24) is 14.9 Å². The van der Waals surface area contributed by atoms with Crippen LogP contribution in [0.2, 0.25) is 0 Å². The molecule has 3 atom stereocenters. The van der Waals surface area contributed by atoms with Crippen molar-refractivity contribution in [3.8, 4) is 11.5 Å². The van der Waals surface area contributed by atoms with E-state index in [4.69, 9.17) is 9.47 Å². The van der Waals surface area contributed by atoms with Gasteiger partial charge in [-0.1, -0.05) is 49.4 Å². The number of fused-ring (bicyclic) bond motifs is 1. The van der Waals surface area contributed by atoms with E-state index < -0.39 is 41.7 Å². The summed E-state index contributed by atoms with van der Waals surface area (Å²) in [6, 6.07) is 14.7. The Morgan fingerprint density at radius 1 is 1.12 bits per heavy atom. The Hall–Kier alpha value is -4.32. The van der Waals surface area contributed by atoms with Crippen LogP contribution in [-0.2, 0) is 20.1 Å². The van der Waals surface area contributed by atoms with Crippen LogP contribution in [-0.4, -0.2) is 63.4 Å². The second kappa shape index (κ2) is 14.4. The Balaban J connectivity index is 1.39. The van der Waals surface area contributed by atoms with Gasteiger partial charge in [-0.15, -0.1) is 11.8 Å². The van der Waals surface area contributed by atoms with Crippen molar-refractivity contribution in [3.63, 3.8) is 0 Å². The third kappa shape index (κ3) is 8.10. The molecule has 3 N–H and O–H groups in total. The smallest absolute Gasteiger partial charge is 0.305 e. The van der Waals surface area contributed by atoms with Gasteiger partial charge in [0.05, 0.1) is 24.8 Å². The van der Waals surface area contributed by atoms with Gasteiger partial charge in [0, 0.05) is 18.1 Å². The first-order chi connectivity index (χ1) is 19.9. The van der Waals surface area contributed by atoms with Gasteiger partial charge >= 0.3 is 5.97 Å². The second-order valence-electron chi connectivity index (χ2n) is 9.39. The average Bonchev–Trinajstić information content (AvgIpc) is 2.97. The molecule has 0 saturated carbocycles. The number of amides is 1. The van der Waals surface area contributed by atoms with Crippen molar-refractivity contribution in [3.05, 3.63) is 82.9 Å². The van der Waals surface area contributed by atoms with Crippen molar-refractivity contribution in [2.45, 2.75) is 43.7 Å². The van der Waals surface area contributed by atoms with E-state index in [1.54, 1.807) is 13.0 Å². The van der Waals surface area contributed by atoms with Crippen LogP contribution < -0.4 is 25.7 Å². The van der Waals surface area contributed by atoms with Crippen molar-refractivity contribution < 1.29 is 29.0 Å². The van der Waals surface area contributed by atoms with Gasteiger partial charge < -0.3 is 25.2 Å². The summed E-state index contributed by atoms with van der Waals surface area (Å²) in [5, 5.41) is 14.9. The highest BCUT2D eigenvalue weighted by Crippen LogP contribution is 2.30. The van der Waals surface area contributed by atoms with Crippen LogP contribution in [0.5, 0.6) is 11.5 Å². The number of nitrogens with zero attached hydrogens (tertiary/aromatic N) is 2. The zero-order chi connectivity index (χ0) is 29.2. The van der Waals surface area contributed by atoms with E-state index in [0.29, 0.717) is 17.3 Å². The number of carboxylic acid groups (broad SMARTS) is 1. The number of ether oxygens (including phenoxy) is 2. The minimum absolute atomic E-state index is 0.0247. The number of para-hydroxylation sites is 2. The second-order valence-corrected chi connectivity index (χ2v) is 10.4. The Kier molecular flexibility index (Phi) is 10.4. The lowest BCUT2D eigenvalue weighted by Crippen LogP contribution is -2.47. The van der Waals surface area contributed by atoms with E-state index in [1.165, 1.54) is 28.7 Å². The van der Waals surface area contributed by atoms with Crippen LogP contribution in [0.3, 0.4) is 0 Å². The molecule has 12 heteroatoms. The lowest BCUT2D eigenvalue weighted by Gasteiger charge is -2.26. The third-order valence-electron chi connectivity index (χ3n) is 6.40. The van der Waals surface area contributed by atoms with Gasteiger partial charge in [-0.3, -0.25) is 23.7 Å². The molecular formula is C29H32N4O7S. The van der Waals surface area contributed by atoms with Gasteiger partial charge in [-0.05, 0) is 24.1 Å². The van der Waals surface area contributed by atoms with Gasteiger partial charge in [-0.2, -0.15) is 0 Å². The molecule has 0 bridgehead atoms. The molecule has 1 aromatic heterocycles. The molecule has 2 aromatic carbocycles. The standard InChI is InChI=1S/C29H32N4O7S/c1-2-22(28(37)32-21(14-26(35)36)23(34)18-41-17-19-8-4-3-5-9-19)33-13-12-30-27(29(33)38)31-15-20-16-39-24-10-6-7-11-25(24)40-20/h3-13,20-22H,2,14-18H2,1H3,(H,30,31)(H,32,37)(H,35,36)/t20?,21-,22?/m0/s1. The quantitative estimate of drug-likeness (QED) is 0.260. The van der Waals surface area contributed by atoms with Crippen LogP contribution in [0.1, 0.15) is 31.4 Å². The highest BCUT2D eigenvalue weighted by atomic mass is 32.2. The topological polar surface area (TPSA) is 149 Å². The summed E-state index contributed by atoms with van der Waals surface area (Å²) in [6.45, 7) is 2.24. The maximum atomic E-state index is 13.3. The number of aliphatic carboxylic acids is 1. The van der Waals surface area contributed by atoms with E-state index in [2.05, 4.69) is 15.6 Å². The summed E-state index contributed by atoms with van der Waals surface area (Å²) < 4.78 is 12.8. The van der Waals surface area contributed by atoms with Crippen LogP contribution >= 0.6 is 11.8 Å². The van der Waals surface area contributed by atoms with Crippen LogP contribution in [0, 0.1) is 0 Å². The number of carbonyl (C=O) groups is 3. The molecule has 0 spiro atoms. The number of carbonyl (C=O) groups excluding carboxylic acids is 2. The van der Waals surface area contributed by atoms with Gasteiger partial charge in [0.1, 0.15) is 18.8 Å². The first-order valence-electron chi connectivity index (χ1n) is 13.2. The largest absolute Gasteiger partial charge is 0.486 e. The average molecular weight is 581 g/mol. The Morgan fingerprint density at radius 2 is 1.85 bits per heavy atom. The number of thioether (sulfide) groups is 1. The van der Waals surface area contributed by atoms with Crippen LogP contribution in [0.15, 0.2) is 71.8 Å². The summed E-state index contributed by atoms with van der Waals surface area (Å²) in [4.78, 5) is 55.0. The van der Waals surface area contributed by atoms with Gasteiger partial charge in [-0.25, -0.2) is 4.98 Å². The number of rotatable bonds is 14. The fourth-order valence-corrected chi connectivity index (χ4v) is 5.24. The molecule has 3 aromatic rings. The number of carboxylic acids is 1. The molecule has 0 aliphatic carbocycles. The molecule has 1 amide bonds. The molecule has 1 aliphatic rings. The first-order valence-corrected chi connectivity index (χ1v) is 14.4. The fourth-order valence-electron chi connectivity index (χ4n) is 4.31. The minimum Gasteiger partial charge on any atom is -0.486 e. The van der Waals surface area contributed by atoms with E-state index in [-0.39, 0.29) is 37.2 Å². The van der Waals surface area contributed by atoms with Crippen LogP contribution in [0.4, 0.5) is 5.82 Å². The minimum atomic E-state index is -1.22. The SMILES string of the molecule is CCC(C(=O)N[C@@H](CC(=O)O)C(=O)CSCc1ccccc1)n1ccnc(NCC2COc3ccccc3O2)c1=O. The molecule has 0 radical (unpaired) electrons. The number of hydrogen-bond donors (Lipinski definition) is 3. The number of ketones is 1. The fraction of sp³-hybridized carbons (Fsp3) is 0.345. The summed E-state index contributed by atoms with van der Waals surface area (Å²) in [5.74, 6) is -0.358. The van der Waals surface area contributed by atoms with E-state index in [9.17, 15) is 24.3 Å². The number of hydrogen-bond acceptors (Lipinski definition) is 9. The Bertz CT molecular complexity index is 1420. The Labute approximate surface area is 241 Å². The maximum Gasteiger partial charge on any atom is 0.305 e. The molecule has 2 unspecified atom stereocenters. The highest BCUT2D eigenvalue weighted by molar-refractivity contribution is 7.99.